The van der Waals surface area contributed by atoms with Crippen LogP contribution in [-0.2, 0) is 9.53 Å². The second-order valence-corrected chi connectivity index (χ2v) is 6.53. The molecule has 0 aromatic heterocycles. The van der Waals surface area contributed by atoms with E-state index in [4.69, 9.17) is 14.7 Å². The molecule has 2 aromatic carbocycles. The highest BCUT2D eigenvalue weighted by atomic mass is 16.5. The van der Waals surface area contributed by atoms with Crippen LogP contribution in [0.4, 0.5) is 0 Å². The molecule has 146 valence electrons. The Morgan fingerprint density at radius 1 is 0.929 bits per heavy atom. The lowest BCUT2D eigenvalue weighted by Gasteiger charge is -2.12. The van der Waals surface area contributed by atoms with E-state index >= 15 is 0 Å². The molecule has 0 unspecified atom stereocenters. The zero-order chi connectivity index (χ0) is 20.0. The van der Waals surface area contributed by atoms with Crippen LogP contribution in [-0.4, -0.2) is 19.2 Å². The van der Waals surface area contributed by atoms with Crippen LogP contribution in [0.3, 0.4) is 0 Å². The normalized spacial score (nSPS) is 10.1. The van der Waals surface area contributed by atoms with E-state index in [1.54, 1.807) is 0 Å². The Kier molecular flexibility index (Phi) is 9.37. The number of nitrogens with zero attached hydrogens (tertiary/aromatic N) is 1. The van der Waals surface area contributed by atoms with Crippen LogP contribution < -0.4 is 4.74 Å². The molecule has 4 nitrogen and oxygen atoms in total. The average Bonchev–Trinajstić information content (AvgIpc) is 2.75. The number of unbranched alkanes of at least 4 members (excludes halogenated alkanes) is 5. The van der Waals surface area contributed by atoms with Gasteiger partial charge in [-0.1, -0.05) is 62.6 Å². The number of para-hydroxylation sites is 1. The van der Waals surface area contributed by atoms with Gasteiger partial charge in [0.1, 0.15) is 5.75 Å². The molecule has 0 N–H and O–H groups in total. The van der Waals surface area contributed by atoms with Crippen LogP contribution >= 0.6 is 0 Å². The molecule has 2 rings (SSSR count). The molecule has 4 heteroatoms. The molecule has 0 radical (unpaired) electrons. The van der Waals surface area contributed by atoms with Gasteiger partial charge in [0.05, 0.1) is 24.8 Å². The average molecular weight is 377 g/mol. The monoisotopic (exact) mass is 377 g/mol. The summed E-state index contributed by atoms with van der Waals surface area (Å²) in [5.74, 6) is 0.523. The number of carbonyl (C=O) groups excluding carboxylic acids is 1. The van der Waals surface area contributed by atoms with E-state index < -0.39 is 0 Å². The highest BCUT2D eigenvalue weighted by molar-refractivity contribution is 5.81. The van der Waals surface area contributed by atoms with Crippen LogP contribution in [0.2, 0.25) is 0 Å². The molecule has 0 heterocycles. The Balaban J connectivity index is 1.66. The van der Waals surface area contributed by atoms with Gasteiger partial charge in [0.25, 0.3) is 0 Å². The summed E-state index contributed by atoms with van der Waals surface area (Å²) in [6.07, 6.45) is 7.56. The summed E-state index contributed by atoms with van der Waals surface area (Å²) in [5.41, 5.74) is 2.74. The number of nitriles is 1. The summed E-state index contributed by atoms with van der Waals surface area (Å²) in [6, 6.07) is 17.7. The zero-order valence-electron chi connectivity index (χ0n) is 16.2. The highest BCUT2D eigenvalue weighted by Crippen LogP contribution is 2.30. The van der Waals surface area contributed by atoms with E-state index in [1.165, 1.54) is 6.08 Å². The van der Waals surface area contributed by atoms with Gasteiger partial charge in [0, 0.05) is 11.6 Å². The Hall–Kier alpha value is -3.06. The zero-order valence-corrected chi connectivity index (χ0v) is 16.2. The van der Waals surface area contributed by atoms with Crippen LogP contribution in [0.15, 0.2) is 61.2 Å². The maximum absolute atomic E-state index is 10.9. The largest absolute Gasteiger partial charge is 0.493 e. The van der Waals surface area contributed by atoms with Gasteiger partial charge in [-0.25, -0.2) is 4.79 Å². The van der Waals surface area contributed by atoms with Crippen molar-refractivity contribution in [3.05, 3.63) is 66.7 Å². The summed E-state index contributed by atoms with van der Waals surface area (Å²) in [6.45, 7) is 4.53. The fourth-order valence-corrected chi connectivity index (χ4v) is 2.88. The second-order valence-electron chi connectivity index (χ2n) is 6.53. The van der Waals surface area contributed by atoms with Gasteiger partial charge in [-0.05, 0) is 36.6 Å². The van der Waals surface area contributed by atoms with Crippen molar-refractivity contribution in [3.8, 4) is 22.9 Å². The first-order valence-corrected chi connectivity index (χ1v) is 9.76. The first-order valence-electron chi connectivity index (χ1n) is 9.76. The Morgan fingerprint density at radius 3 is 2.25 bits per heavy atom. The van der Waals surface area contributed by atoms with Crippen molar-refractivity contribution < 1.29 is 14.3 Å². The van der Waals surface area contributed by atoms with Crippen molar-refractivity contribution in [3.63, 3.8) is 0 Å². The van der Waals surface area contributed by atoms with E-state index in [-0.39, 0.29) is 5.97 Å². The molecule has 0 bridgehead atoms. The summed E-state index contributed by atoms with van der Waals surface area (Å²) < 4.78 is 11.0. The van der Waals surface area contributed by atoms with Crippen molar-refractivity contribution in [2.75, 3.05) is 13.2 Å². The van der Waals surface area contributed by atoms with Gasteiger partial charge in [-0.2, -0.15) is 5.26 Å². The fourth-order valence-electron chi connectivity index (χ4n) is 2.88. The summed E-state index contributed by atoms with van der Waals surface area (Å²) in [4.78, 5) is 10.9. The number of benzene rings is 2. The fraction of sp³-hybridized carbons (Fsp3) is 0.333. The molecule has 0 saturated heterocycles. The van der Waals surface area contributed by atoms with Crippen LogP contribution in [0.25, 0.3) is 11.1 Å². The quantitative estimate of drug-likeness (QED) is 0.271. The number of hydrogen-bond acceptors (Lipinski definition) is 4. The first kappa shape index (κ1) is 21.2. The smallest absolute Gasteiger partial charge is 0.330 e. The second kappa shape index (κ2) is 12.3. The molecule has 0 amide bonds. The third kappa shape index (κ3) is 7.28. The van der Waals surface area contributed by atoms with E-state index in [9.17, 15) is 4.79 Å². The number of esters is 1. The third-order valence-electron chi connectivity index (χ3n) is 4.42. The molecule has 2 aromatic rings. The highest BCUT2D eigenvalue weighted by Gasteiger charge is 2.06. The number of rotatable bonds is 12. The number of hydrogen-bond donors (Lipinski definition) is 0. The van der Waals surface area contributed by atoms with Crippen molar-refractivity contribution in [2.45, 2.75) is 38.5 Å². The lowest BCUT2D eigenvalue weighted by Crippen LogP contribution is -2.01. The minimum atomic E-state index is -0.349. The Bertz CT molecular complexity index is 790. The molecular formula is C24H27NO3. The summed E-state index contributed by atoms with van der Waals surface area (Å²) >= 11 is 0. The van der Waals surface area contributed by atoms with Crippen LogP contribution in [0.1, 0.15) is 44.1 Å². The van der Waals surface area contributed by atoms with Crippen molar-refractivity contribution in [1.29, 1.82) is 5.26 Å². The summed E-state index contributed by atoms with van der Waals surface area (Å²) in [5, 5.41) is 8.94. The van der Waals surface area contributed by atoms with Gasteiger partial charge in [-0.3, -0.25) is 0 Å². The first-order chi connectivity index (χ1) is 13.7. The van der Waals surface area contributed by atoms with E-state index in [2.05, 4.69) is 12.6 Å². The lowest BCUT2D eigenvalue weighted by atomic mass is 10.0. The van der Waals surface area contributed by atoms with Gasteiger partial charge < -0.3 is 9.47 Å². The number of carbonyl (C=O) groups is 1. The van der Waals surface area contributed by atoms with E-state index in [0.717, 1.165) is 55.4 Å². The maximum atomic E-state index is 10.9. The molecule has 0 saturated carbocycles. The minimum absolute atomic E-state index is 0.349. The van der Waals surface area contributed by atoms with Crippen molar-refractivity contribution in [1.82, 2.24) is 0 Å². The molecule has 0 aliphatic heterocycles. The van der Waals surface area contributed by atoms with Crippen molar-refractivity contribution >= 4 is 5.97 Å². The molecular weight excluding hydrogens is 350 g/mol. The third-order valence-corrected chi connectivity index (χ3v) is 4.42. The Labute approximate surface area is 167 Å². The molecule has 0 aliphatic rings. The van der Waals surface area contributed by atoms with Crippen LogP contribution in [0, 0.1) is 11.3 Å². The molecule has 0 aliphatic carbocycles. The molecule has 0 spiro atoms. The lowest BCUT2D eigenvalue weighted by molar-refractivity contribution is -0.137. The van der Waals surface area contributed by atoms with Gasteiger partial charge in [0.15, 0.2) is 0 Å². The predicted octanol–water partition coefficient (Wildman–Crippen LogP) is 5.67. The minimum Gasteiger partial charge on any atom is -0.493 e. The van der Waals surface area contributed by atoms with Crippen LogP contribution in [0.5, 0.6) is 5.75 Å². The van der Waals surface area contributed by atoms with Gasteiger partial charge in [0.2, 0.25) is 0 Å². The van der Waals surface area contributed by atoms with Crippen molar-refractivity contribution in [2.24, 2.45) is 0 Å². The molecule has 0 atom stereocenters. The molecule has 28 heavy (non-hydrogen) atoms. The Morgan fingerprint density at radius 2 is 1.57 bits per heavy atom. The van der Waals surface area contributed by atoms with E-state index in [0.29, 0.717) is 18.8 Å². The van der Waals surface area contributed by atoms with Gasteiger partial charge in [-0.15, -0.1) is 0 Å². The summed E-state index contributed by atoms with van der Waals surface area (Å²) in [7, 11) is 0. The SMILES string of the molecule is C=CC(=O)OCCCCCCCCOc1ccccc1-c1ccc(C#N)cc1. The number of ether oxygens (including phenoxy) is 2. The molecule has 0 fully saturated rings. The maximum Gasteiger partial charge on any atom is 0.330 e. The standard InChI is InChI=1S/C24H27NO3/c1-2-24(26)28-18-10-6-4-3-5-9-17-27-23-12-8-7-11-22(23)21-15-13-20(19-25)14-16-21/h2,7-8,11-16H,1,3-6,9-10,17-18H2. The van der Waals surface area contributed by atoms with Gasteiger partial charge >= 0.3 is 5.97 Å². The topological polar surface area (TPSA) is 59.3 Å². The predicted molar refractivity (Wildman–Crippen MR) is 111 cm³/mol. The van der Waals surface area contributed by atoms with E-state index in [1.807, 2.05) is 48.5 Å².